The average Bonchev–Trinajstić information content (AvgIpc) is 3.00. The Morgan fingerprint density at radius 2 is 1.96 bits per heavy atom. The zero-order chi connectivity index (χ0) is 17.6. The summed E-state index contributed by atoms with van der Waals surface area (Å²) in [5.74, 6) is -0.831. The van der Waals surface area contributed by atoms with Gasteiger partial charge in [-0.1, -0.05) is 0 Å². The van der Waals surface area contributed by atoms with E-state index in [9.17, 15) is 22.4 Å². The van der Waals surface area contributed by atoms with Crippen molar-refractivity contribution in [2.75, 3.05) is 19.8 Å². The molecule has 0 saturated carbocycles. The molecule has 0 spiro atoms. The second kappa shape index (κ2) is 7.91. The zero-order valence-corrected chi connectivity index (χ0v) is 12.5. The van der Waals surface area contributed by atoms with Crippen molar-refractivity contribution < 1.29 is 27.1 Å². The first-order chi connectivity index (χ1) is 11.4. The van der Waals surface area contributed by atoms with E-state index in [0.717, 1.165) is 0 Å². The highest BCUT2D eigenvalue weighted by Gasteiger charge is 2.27. The molecular formula is C15H15F4N3O2. The Morgan fingerprint density at radius 3 is 2.62 bits per heavy atom. The lowest BCUT2D eigenvalue weighted by molar-refractivity contribution is -0.173. The van der Waals surface area contributed by atoms with Gasteiger partial charge >= 0.3 is 6.18 Å². The van der Waals surface area contributed by atoms with E-state index in [1.54, 1.807) is 0 Å². The summed E-state index contributed by atoms with van der Waals surface area (Å²) in [6.07, 6.45) is -2.79. The van der Waals surface area contributed by atoms with Gasteiger partial charge in [-0.05, 0) is 30.7 Å². The highest BCUT2D eigenvalue weighted by Crippen LogP contribution is 2.21. The fourth-order valence-electron chi connectivity index (χ4n) is 1.95. The number of hydrogen-bond donors (Lipinski definition) is 2. The van der Waals surface area contributed by atoms with Crippen LogP contribution in [0.2, 0.25) is 0 Å². The van der Waals surface area contributed by atoms with E-state index >= 15 is 0 Å². The fourth-order valence-corrected chi connectivity index (χ4v) is 1.95. The lowest BCUT2D eigenvalue weighted by atomic mass is 10.1. The summed E-state index contributed by atoms with van der Waals surface area (Å²) in [7, 11) is 0. The number of carbonyl (C=O) groups is 1. The van der Waals surface area contributed by atoms with Crippen molar-refractivity contribution in [3.63, 3.8) is 0 Å². The molecular weight excluding hydrogens is 330 g/mol. The van der Waals surface area contributed by atoms with Crippen molar-refractivity contribution in [1.82, 2.24) is 15.5 Å². The Hall–Kier alpha value is -2.42. The number of aromatic amines is 1. The Balaban J connectivity index is 1.83. The summed E-state index contributed by atoms with van der Waals surface area (Å²) in [5.41, 5.74) is 1.28. The molecule has 5 nitrogen and oxygen atoms in total. The maximum Gasteiger partial charge on any atom is 0.411 e. The van der Waals surface area contributed by atoms with Crippen LogP contribution in [-0.4, -0.2) is 42.0 Å². The van der Waals surface area contributed by atoms with Crippen LogP contribution in [0.4, 0.5) is 17.6 Å². The third-order valence-electron chi connectivity index (χ3n) is 3.03. The summed E-state index contributed by atoms with van der Waals surface area (Å²) in [6.45, 7) is -1.27. The van der Waals surface area contributed by atoms with Crippen molar-refractivity contribution >= 4 is 5.91 Å². The third kappa shape index (κ3) is 5.34. The van der Waals surface area contributed by atoms with Gasteiger partial charge in [0.1, 0.15) is 12.4 Å². The van der Waals surface area contributed by atoms with Crippen LogP contribution >= 0.6 is 0 Å². The van der Waals surface area contributed by atoms with E-state index in [0.29, 0.717) is 11.3 Å². The van der Waals surface area contributed by atoms with Crippen molar-refractivity contribution in [2.45, 2.75) is 12.6 Å². The number of ether oxygens (including phenoxy) is 1. The monoisotopic (exact) mass is 345 g/mol. The van der Waals surface area contributed by atoms with Crippen LogP contribution in [0.3, 0.4) is 0 Å². The number of halogens is 4. The number of nitrogens with zero attached hydrogens (tertiary/aromatic N) is 1. The van der Waals surface area contributed by atoms with E-state index < -0.39 is 24.5 Å². The molecule has 9 heteroatoms. The van der Waals surface area contributed by atoms with Crippen LogP contribution in [-0.2, 0) is 4.74 Å². The largest absolute Gasteiger partial charge is 0.411 e. The van der Waals surface area contributed by atoms with Gasteiger partial charge in [0.05, 0.1) is 17.5 Å². The number of H-pyrrole nitrogens is 1. The van der Waals surface area contributed by atoms with E-state index in [4.69, 9.17) is 0 Å². The summed E-state index contributed by atoms with van der Waals surface area (Å²) in [5, 5.41) is 9.03. The lowest BCUT2D eigenvalue weighted by Crippen LogP contribution is -2.26. The minimum absolute atomic E-state index is 0.115. The Kier molecular flexibility index (Phi) is 5.91. The zero-order valence-electron chi connectivity index (χ0n) is 12.5. The SMILES string of the molecule is O=C(NCCCOCC(F)(F)F)c1cn[nH]c1-c1ccc(F)cc1. The number of aromatic nitrogens is 2. The van der Waals surface area contributed by atoms with Gasteiger partial charge in [-0.2, -0.15) is 18.3 Å². The van der Waals surface area contributed by atoms with Gasteiger partial charge in [-0.25, -0.2) is 4.39 Å². The molecule has 0 aliphatic heterocycles. The van der Waals surface area contributed by atoms with E-state index in [2.05, 4.69) is 20.3 Å². The quantitative estimate of drug-likeness (QED) is 0.599. The molecule has 0 bridgehead atoms. The van der Waals surface area contributed by atoms with E-state index in [-0.39, 0.29) is 25.1 Å². The Bertz CT molecular complexity index is 668. The van der Waals surface area contributed by atoms with E-state index in [1.165, 1.54) is 30.5 Å². The van der Waals surface area contributed by atoms with Crippen molar-refractivity contribution in [3.8, 4) is 11.3 Å². The van der Waals surface area contributed by atoms with Crippen LogP contribution in [0.1, 0.15) is 16.8 Å². The minimum Gasteiger partial charge on any atom is -0.372 e. The maximum absolute atomic E-state index is 12.9. The molecule has 0 fully saturated rings. The van der Waals surface area contributed by atoms with Gasteiger partial charge in [0, 0.05) is 18.7 Å². The molecule has 1 amide bonds. The number of hydrogen-bond acceptors (Lipinski definition) is 3. The third-order valence-corrected chi connectivity index (χ3v) is 3.03. The Morgan fingerprint density at radius 1 is 1.25 bits per heavy atom. The molecule has 0 aliphatic rings. The number of alkyl halides is 3. The maximum atomic E-state index is 12.9. The van der Waals surface area contributed by atoms with Crippen molar-refractivity contribution in [3.05, 3.63) is 41.8 Å². The molecule has 0 radical (unpaired) electrons. The standard InChI is InChI=1S/C15H15F4N3O2/c16-11-4-2-10(3-5-11)13-12(8-21-22-13)14(23)20-6-1-7-24-9-15(17,18)19/h2-5,8H,1,6-7,9H2,(H,20,23)(H,21,22). The predicted molar refractivity (Wildman–Crippen MR) is 77.8 cm³/mol. The lowest BCUT2D eigenvalue weighted by Gasteiger charge is -2.08. The van der Waals surface area contributed by atoms with Gasteiger partial charge in [0.15, 0.2) is 0 Å². The highest BCUT2D eigenvalue weighted by molar-refractivity contribution is 5.99. The number of carbonyl (C=O) groups excluding carboxylic acids is 1. The van der Waals surface area contributed by atoms with Gasteiger partial charge < -0.3 is 10.1 Å². The second-order valence-corrected chi connectivity index (χ2v) is 4.94. The minimum atomic E-state index is -4.36. The fraction of sp³-hybridized carbons (Fsp3) is 0.333. The number of benzene rings is 1. The van der Waals surface area contributed by atoms with Gasteiger partial charge in [-0.3, -0.25) is 9.89 Å². The molecule has 0 unspecified atom stereocenters. The molecule has 1 aromatic heterocycles. The van der Waals surface area contributed by atoms with Crippen molar-refractivity contribution in [2.24, 2.45) is 0 Å². The van der Waals surface area contributed by atoms with E-state index in [1.807, 2.05) is 0 Å². The Labute approximate surface area is 135 Å². The normalized spacial score (nSPS) is 11.5. The summed E-state index contributed by atoms with van der Waals surface area (Å²) in [4.78, 5) is 12.1. The number of rotatable bonds is 7. The topological polar surface area (TPSA) is 67.0 Å². The molecule has 2 aromatic rings. The van der Waals surface area contributed by atoms with Gasteiger partial charge in [0.2, 0.25) is 0 Å². The van der Waals surface area contributed by atoms with Crippen LogP contribution in [0, 0.1) is 5.82 Å². The molecule has 0 saturated heterocycles. The molecule has 24 heavy (non-hydrogen) atoms. The summed E-state index contributed by atoms with van der Waals surface area (Å²) in [6, 6.07) is 5.53. The average molecular weight is 345 g/mol. The summed E-state index contributed by atoms with van der Waals surface area (Å²) >= 11 is 0. The van der Waals surface area contributed by atoms with Crippen LogP contribution in [0.5, 0.6) is 0 Å². The van der Waals surface area contributed by atoms with Crippen molar-refractivity contribution in [1.29, 1.82) is 0 Å². The van der Waals surface area contributed by atoms with Crippen LogP contribution in [0.15, 0.2) is 30.5 Å². The first-order valence-corrected chi connectivity index (χ1v) is 7.09. The molecule has 130 valence electrons. The van der Waals surface area contributed by atoms with Crippen LogP contribution in [0.25, 0.3) is 11.3 Å². The first-order valence-electron chi connectivity index (χ1n) is 7.09. The molecule has 2 N–H and O–H groups in total. The molecule has 0 aliphatic carbocycles. The van der Waals surface area contributed by atoms with Crippen LogP contribution < -0.4 is 5.32 Å². The van der Waals surface area contributed by atoms with Gasteiger partial charge in [0.25, 0.3) is 5.91 Å². The number of amides is 1. The highest BCUT2D eigenvalue weighted by atomic mass is 19.4. The summed E-state index contributed by atoms with van der Waals surface area (Å²) < 4.78 is 53.0. The number of nitrogens with one attached hydrogen (secondary N) is 2. The molecule has 1 aromatic carbocycles. The second-order valence-electron chi connectivity index (χ2n) is 4.94. The molecule has 2 rings (SSSR count). The predicted octanol–water partition coefficient (Wildman–Crippen LogP) is 2.91. The first kappa shape index (κ1) is 17.9. The van der Waals surface area contributed by atoms with Gasteiger partial charge in [-0.15, -0.1) is 0 Å². The smallest absolute Gasteiger partial charge is 0.372 e. The molecule has 0 atom stereocenters. The molecule has 1 heterocycles.